The van der Waals surface area contributed by atoms with Crippen LogP contribution in [-0.4, -0.2) is 30.7 Å². The summed E-state index contributed by atoms with van der Waals surface area (Å²) < 4.78 is 46.0. The van der Waals surface area contributed by atoms with Crippen LogP contribution >= 0.6 is 0 Å². The van der Waals surface area contributed by atoms with E-state index in [4.69, 9.17) is 4.74 Å². The first kappa shape index (κ1) is 19.2. The van der Waals surface area contributed by atoms with Gasteiger partial charge in [0.15, 0.2) is 11.6 Å². The van der Waals surface area contributed by atoms with Gasteiger partial charge < -0.3 is 4.74 Å². The summed E-state index contributed by atoms with van der Waals surface area (Å²) in [5.74, 6) is -0.634. The second-order valence-corrected chi connectivity index (χ2v) is 8.44. The van der Waals surface area contributed by atoms with Gasteiger partial charge in [0.25, 0.3) is 0 Å². The Bertz CT molecular complexity index is 956. The molecule has 0 aromatic heterocycles. The second-order valence-electron chi connectivity index (χ2n) is 6.51. The number of sulfonamides is 1. The summed E-state index contributed by atoms with van der Waals surface area (Å²) in [4.78, 5) is 10.5. The first-order valence-electron chi connectivity index (χ1n) is 8.50. The number of nitro benzene ring substituents is 1. The highest BCUT2D eigenvalue weighted by molar-refractivity contribution is 7.89. The molecule has 1 fully saturated rings. The lowest BCUT2D eigenvalue weighted by atomic mass is 10.0. The molecule has 144 valence electrons. The van der Waals surface area contributed by atoms with E-state index in [1.54, 1.807) is 0 Å². The van der Waals surface area contributed by atoms with Crippen LogP contribution in [0.1, 0.15) is 19.8 Å². The van der Waals surface area contributed by atoms with Crippen LogP contribution in [0.3, 0.4) is 0 Å². The maximum atomic E-state index is 13.8. The van der Waals surface area contributed by atoms with Crippen LogP contribution in [0.5, 0.6) is 11.5 Å². The second kappa shape index (κ2) is 7.61. The van der Waals surface area contributed by atoms with Crippen LogP contribution in [0.25, 0.3) is 0 Å². The number of piperidine rings is 1. The number of ether oxygens (including phenoxy) is 1. The van der Waals surface area contributed by atoms with Crippen LogP contribution in [0, 0.1) is 21.8 Å². The quantitative estimate of drug-likeness (QED) is 0.566. The Hall–Kier alpha value is -2.52. The Morgan fingerprint density at radius 1 is 1.15 bits per heavy atom. The number of para-hydroxylation sites is 1. The summed E-state index contributed by atoms with van der Waals surface area (Å²) >= 11 is 0. The molecule has 0 bridgehead atoms. The number of halogens is 1. The number of hydrogen-bond donors (Lipinski definition) is 0. The van der Waals surface area contributed by atoms with E-state index in [-0.39, 0.29) is 16.4 Å². The van der Waals surface area contributed by atoms with Gasteiger partial charge in [0.1, 0.15) is 0 Å². The summed E-state index contributed by atoms with van der Waals surface area (Å²) in [5.41, 5.74) is -0.537. The lowest BCUT2D eigenvalue weighted by molar-refractivity contribution is -0.385. The van der Waals surface area contributed by atoms with Crippen molar-refractivity contribution in [2.24, 2.45) is 5.92 Å². The van der Waals surface area contributed by atoms with Crippen molar-refractivity contribution < 1.29 is 22.5 Å². The molecule has 27 heavy (non-hydrogen) atoms. The zero-order valence-electron chi connectivity index (χ0n) is 14.7. The van der Waals surface area contributed by atoms with Gasteiger partial charge in [-0.15, -0.1) is 0 Å². The fourth-order valence-corrected chi connectivity index (χ4v) is 4.40. The minimum atomic E-state index is -3.84. The molecule has 3 rings (SSSR count). The predicted octanol–water partition coefficient (Wildman–Crippen LogP) is 3.95. The molecule has 1 heterocycles. The summed E-state index contributed by atoms with van der Waals surface area (Å²) in [7, 11) is -3.84. The molecule has 0 unspecified atom stereocenters. The van der Waals surface area contributed by atoms with Crippen molar-refractivity contribution in [3.63, 3.8) is 0 Å². The molecule has 0 N–H and O–H groups in total. The van der Waals surface area contributed by atoms with Crippen molar-refractivity contribution >= 4 is 15.7 Å². The average molecular weight is 394 g/mol. The van der Waals surface area contributed by atoms with Crippen molar-refractivity contribution in [1.82, 2.24) is 4.31 Å². The zero-order valence-corrected chi connectivity index (χ0v) is 15.5. The number of hydrogen-bond acceptors (Lipinski definition) is 5. The molecule has 0 spiro atoms. The number of nitro groups is 1. The van der Waals surface area contributed by atoms with Gasteiger partial charge in [0, 0.05) is 19.2 Å². The van der Waals surface area contributed by atoms with Crippen molar-refractivity contribution in [1.29, 1.82) is 0 Å². The van der Waals surface area contributed by atoms with Crippen molar-refractivity contribution in [2.45, 2.75) is 24.7 Å². The van der Waals surface area contributed by atoms with Gasteiger partial charge in [0.2, 0.25) is 15.8 Å². The van der Waals surface area contributed by atoms with Gasteiger partial charge in [-0.25, -0.2) is 12.8 Å². The zero-order chi connectivity index (χ0) is 19.6. The fourth-order valence-electron chi connectivity index (χ4n) is 2.91. The van der Waals surface area contributed by atoms with Crippen molar-refractivity contribution in [3.8, 4) is 11.5 Å². The van der Waals surface area contributed by atoms with Gasteiger partial charge in [-0.05, 0) is 43.0 Å². The van der Waals surface area contributed by atoms with Gasteiger partial charge in [-0.3, -0.25) is 10.1 Å². The molecule has 1 aliphatic rings. The summed E-state index contributed by atoms with van der Waals surface area (Å²) in [6, 6.07) is 8.88. The van der Waals surface area contributed by atoms with E-state index in [0.717, 1.165) is 25.0 Å². The average Bonchev–Trinajstić information content (AvgIpc) is 2.64. The van der Waals surface area contributed by atoms with Crippen LogP contribution in [0.2, 0.25) is 0 Å². The van der Waals surface area contributed by atoms with E-state index in [2.05, 4.69) is 6.92 Å². The Labute approximate surface area is 156 Å². The van der Waals surface area contributed by atoms with Gasteiger partial charge in [0.05, 0.1) is 9.82 Å². The number of nitrogens with zero attached hydrogens (tertiary/aromatic N) is 2. The monoisotopic (exact) mass is 394 g/mol. The Kier molecular flexibility index (Phi) is 5.43. The smallest absolute Gasteiger partial charge is 0.312 e. The highest BCUT2D eigenvalue weighted by Gasteiger charge is 2.30. The van der Waals surface area contributed by atoms with E-state index in [9.17, 15) is 22.9 Å². The third-order valence-corrected chi connectivity index (χ3v) is 6.46. The van der Waals surface area contributed by atoms with Gasteiger partial charge >= 0.3 is 5.69 Å². The minimum Gasteiger partial charge on any atom is -0.447 e. The third kappa shape index (κ3) is 4.09. The number of benzene rings is 2. The summed E-state index contributed by atoms with van der Waals surface area (Å²) in [6.45, 7) is 2.82. The van der Waals surface area contributed by atoms with Gasteiger partial charge in [-0.2, -0.15) is 4.31 Å². The van der Waals surface area contributed by atoms with Crippen LogP contribution in [0.15, 0.2) is 47.4 Å². The number of rotatable bonds is 5. The molecule has 2 aromatic rings. The normalized spacial score (nSPS) is 16.2. The lowest BCUT2D eigenvalue weighted by Crippen LogP contribution is -2.37. The molecule has 0 atom stereocenters. The molecule has 0 aliphatic carbocycles. The van der Waals surface area contributed by atoms with E-state index in [1.807, 2.05) is 0 Å². The molecule has 1 saturated heterocycles. The molecule has 2 aromatic carbocycles. The van der Waals surface area contributed by atoms with E-state index in [1.165, 1.54) is 34.6 Å². The van der Waals surface area contributed by atoms with Crippen LogP contribution < -0.4 is 4.74 Å². The van der Waals surface area contributed by atoms with E-state index >= 15 is 0 Å². The molecule has 0 radical (unpaired) electrons. The summed E-state index contributed by atoms with van der Waals surface area (Å²) in [6.07, 6.45) is 1.49. The highest BCUT2D eigenvalue weighted by atomic mass is 32.2. The van der Waals surface area contributed by atoms with E-state index < -0.39 is 26.5 Å². The molecular formula is C18H19FN2O5S. The maximum absolute atomic E-state index is 13.8. The largest absolute Gasteiger partial charge is 0.447 e. The first-order valence-corrected chi connectivity index (χ1v) is 9.94. The Morgan fingerprint density at radius 2 is 1.81 bits per heavy atom. The SMILES string of the molecule is CC1CCN(S(=O)(=O)c2ccc(Oc3ccccc3F)c([N+](=O)[O-])c2)CC1. The topological polar surface area (TPSA) is 89.8 Å². The fraction of sp³-hybridized carbons (Fsp3) is 0.333. The standard InChI is InChI=1S/C18H19FN2O5S/c1-13-8-10-20(11-9-13)27(24,25)14-6-7-18(16(12-14)21(22)23)26-17-5-3-2-4-15(17)19/h2-7,12-13H,8-11H2,1H3. The maximum Gasteiger partial charge on any atom is 0.312 e. The molecule has 0 saturated carbocycles. The van der Waals surface area contributed by atoms with Crippen molar-refractivity contribution in [3.05, 3.63) is 58.4 Å². The van der Waals surface area contributed by atoms with Crippen LogP contribution in [0.4, 0.5) is 10.1 Å². The first-order chi connectivity index (χ1) is 12.8. The Morgan fingerprint density at radius 3 is 2.44 bits per heavy atom. The third-order valence-electron chi connectivity index (χ3n) is 4.56. The van der Waals surface area contributed by atoms with Gasteiger partial charge in [-0.1, -0.05) is 19.1 Å². The molecule has 1 aliphatic heterocycles. The molecule has 0 amide bonds. The lowest BCUT2D eigenvalue weighted by Gasteiger charge is -2.29. The highest BCUT2D eigenvalue weighted by Crippen LogP contribution is 2.35. The minimum absolute atomic E-state index is 0.176. The molecule has 7 nitrogen and oxygen atoms in total. The molecular weight excluding hydrogens is 375 g/mol. The summed E-state index contributed by atoms with van der Waals surface area (Å²) in [5, 5.41) is 11.4. The Balaban J connectivity index is 1.94. The molecule has 9 heteroatoms. The van der Waals surface area contributed by atoms with E-state index in [0.29, 0.717) is 19.0 Å². The predicted molar refractivity (Wildman–Crippen MR) is 96.7 cm³/mol. The van der Waals surface area contributed by atoms with Crippen LogP contribution in [-0.2, 0) is 10.0 Å². The van der Waals surface area contributed by atoms with Crippen molar-refractivity contribution in [2.75, 3.05) is 13.1 Å².